The van der Waals surface area contributed by atoms with Gasteiger partial charge in [-0.1, -0.05) is 12.6 Å². The number of ether oxygens (including phenoxy) is 2. The van der Waals surface area contributed by atoms with Crippen molar-refractivity contribution in [2.75, 3.05) is 19.0 Å². The number of rotatable bonds is 8. The minimum absolute atomic E-state index is 0.295. The fraction of sp³-hybridized carbons (Fsp3) is 0.182. The molecule has 4 rings (SSSR count). The maximum Gasteiger partial charge on any atom is 0.247 e. The van der Waals surface area contributed by atoms with Gasteiger partial charge in [0.25, 0.3) is 0 Å². The largest absolute Gasteiger partial charge is 0.437 e. The van der Waals surface area contributed by atoms with Crippen LogP contribution >= 0.6 is 0 Å². The van der Waals surface area contributed by atoms with Crippen LogP contribution in [-0.4, -0.2) is 44.4 Å². The van der Waals surface area contributed by atoms with E-state index in [9.17, 15) is 4.79 Å². The molecule has 1 aromatic carbocycles. The summed E-state index contributed by atoms with van der Waals surface area (Å²) >= 11 is 0. The number of anilines is 1. The number of carbonyl (C=O) groups is 1. The number of amides is 1. The van der Waals surface area contributed by atoms with Crippen LogP contribution in [0, 0.1) is 6.92 Å². The first-order valence-electron chi connectivity index (χ1n) is 9.66. The molecule has 0 bridgehead atoms. The van der Waals surface area contributed by atoms with Gasteiger partial charge in [-0.2, -0.15) is 5.10 Å². The van der Waals surface area contributed by atoms with Gasteiger partial charge < -0.3 is 19.8 Å². The predicted molar refractivity (Wildman–Crippen MR) is 117 cm³/mol. The minimum Gasteiger partial charge on any atom is -0.437 e. The zero-order valence-electron chi connectivity index (χ0n) is 17.3. The van der Waals surface area contributed by atoms with Crippen molar-refractivity contribution in [1.82, 2.24) is 24.7 Å². The molecule has 0 atom stereocenters. The van der Waals surface area contributed by atoms with E-state index in [2.05, 4.69) is 31.9 Å². The molecule has 0 aliphatic heterocycles. The Morgan fingerprint density at radius 1 is 1.35 bits per heavy atom. The van der Waals surface area contributed by atoms with Gasteiger partial charge >= 0.3 is 0 Å². The Morgan fingerprint density at radius 3 is 3.03 bits per heavy atom. The van der Waals surface area contributed by atoms with Crippen molar-refractivity contribution in [3.63, 3.8) is 0 Å². The van der Waals surface area contributed by atoms with E-state index < -0.39 is 0 Å². The van der Waals surface area contributed by atoms with E-state index in [0.29, 0.717) is 41.6 Å². The van der Waals surface area contributed by atoms with Crippen LogP contribution in [0.5, 0.6) is 11.6 Å². The molecule has 0 saturated carbocycles. The second-order valence-corrected chi connectivity index (χ2v) is 6.82. The highest BCUT2D eigenvalue weighted by atomic mass is 16.5. The van der Waals surface area contributed by atoms with E-state index in [1.54, 1.807) is 37.6 Å². The molecule has 9 heteroatoms. The molecule has 31 heavy (non-hydrogen) atoms. The molecular weight excluding hydrogens is 396 g/mol. The van der Waals surface area contributed by atoms with E-state index in [4.69, 9.17) is 9.47 Å². The number of methoxy groups -OCH3 is 1. The van der Waals surface area contributed by atoms with Crippen LogP contribution in [-0.2, 0) is 16.1 Å². The predicted octanol–water partition coefficient (Wildman–Crippen LogP) is 3.69. The Kier molecular flexibility index (Phi) is 5.76. The Balaban J connectivity index is 1.62. The highest BCUT2D eigenvalue weighted by Gasteiger charge is 2.15. The average Bonchev–Trinajstić information content (AvgIpc) is 3.34. The molecule has 9 nitrogen and oxygen atoms in total. The Morgan fingerprint density at radius 2 is 2.23 bits per heavy atom. The second kappa shape index (κ2) is 8.80. The summed E-state index contributed by atoms with van der Waals surface area (Å²) in [6, 6.07) is 7.02. The van der Waals surface area contributed by atoms with Crippen LogP contribution < -0.4 is 10.1 Å². The summed E-state index contributed by atoms with van der Waals surface area (Å²) in [4.78, 5) is 23.7. The van der Waals surface area contributed by atoms with Crippen molar-refractivity contribution in [3.8, 4) is 22.8 Å². The monoisotopic (exact) mass is 418 g/mol. The fourth-order valence-corrected chi connectivity index (χ4v) is 3.16. The Hall–Kier alpha value is -3.98. The molecule has 0 unspecified atom stereocenters. The van der Waals surface area contributed by atoms with Crippen LogP contribution in [0.25, 0.3) is 22.3 Å². The number of aromatic nitrogens is 5. The number of carbonyl (C=O) groups excluding carboxylic acids is 1. The highest BCUT2D eigenvalue weighted by Crippen LogP contribution is 2.31. The minimum atomic E-state index is -0.295. The SMILES string of the molecule is C=CC(=O)Nc1cccc(Oc2cnc3[nH]cc(-c4cn(CCOC)nc4C)c3n2)c1. The summed E-state index contributed by atoms with van der Waals surface area (Å²) in [5.41, 5.74) is 4.67. The first-order valence-corrected chi connectivity index (χ1v) is 9.66. The molecule has 0 spiro atoms. The standard InChI is InChI=1S/C22H22N6O3/c1-4-19(29)25-15-6-5-7-16(10-15)31-20-12-24-22-21(26-20)17(11-23-22)18-13-28(8-9-30-3)27-14(18)2/h4-7,10-13H,1,8-9H2,2-3H3,(H,23,24)(H,25,29). The quantitative estimate of drug-likeness (QED) is 0.423. The molecule has 0 saturated heterocycles. The van der Waals surface area contributed by atoms with Gasteiger partial charge in [0, 0.05) is 42.4 Å². The van der Waals surface area contributed by atoms with Gasteiger partial charge in [0.2, 0.25) is 11.8 Å². The third-order valence-electron chi connectivity index (χ3n) is 4.63. The van der Waals surface area contributed by atoms with Gasteiger partial charge in [0.1, 0.15) is 11.3 Å². The van der Waals surface area contributed by atoms with Crippen molar-refractivity contribution in [3.05, 3.63) is 61.2 Å². The van der Waals surface area contributed by atoms with Gasteiger partial charge in [-0.15, -0.1) is 0 Å². The first-order chi connectivity index (χ1) is 15.1. The van der Waals surface area contributed by atoms with Crippen LogP contribution in [0.2, 0.25) is 0 Å². The van der Waals surface area contributed by atoms with E-state index in [-0.39, 0.29) is 5.91 Å². The molecule has 3 heterocycles. The first kappa shape index (κ1) is 20.3. The van der Waals surface area contributed by atoms with Crippen LogP contribution in [0.4, 0.5) is 5.69 Å². The summed E-state index contributed by atoms with van der Waals surface area (Å²) in [5, 5.41) is 7.24. The number of hydrogen-bond donors (Lipinski definition) is 2. The topological polar surface area (TPSA) is 107 Å². The van der Waals surface area contributed by atoms with Gasteiger partial charge in [0.05, 0.1) is 25.0 Å². The average molecular weight is 418 g/mol. The number of hydrogen-bond acceptors (Lipinski definition) is 6. The smallest absolute Gasteiger partial charge is 0.247 e. The molecular formula is C22H22N6O3. The van der Waals surface area contributed by atoms with Crippen LogP contribution in [0.3, 0.4) is 0 Å². The highest BCUT2D eigenvalue weighted by molar-refractivity contribution is 5.99. The maximum atomic E-state index is 11.5. The lowest BCUT2D eigenvalue weighted by Gasteiger charge is -2.07. The van der Waals surface area contributed by atoms with Gasteiger partial charge in [-0.3, -0.25) is 9.48 Å². The van der Waals surface area contributed by atoms with Crippen molar-refractivity contribution in [2.24, 2.45) is 0 Å². The lowest BCUT2D eigenvalue weighted by Crippen LogP contribution is -2.07. The maximum absolute atomic E-state index is 11.5. The number of nitrogens with one attached hydrogen (secondary N) is 2. The lowest BCUT2D eigenvalue weighted by molar-refractivity contribution is -0.111. The molecule has 1 amide bonds. The molecule has 0 aliphatic rings. The van der Waals surface area contributed by atoms with E-state index in [1.807, 2.05) is 24.0 Å². The fourth-order valence-electron chi connectivity index (χ4n) is 3.16. The molecule has 158 valence electrons. The summed E-state index contributed by atoms with van der Waals surface area (Å²) < 4.78 is 12.9. The summed E-state index contributed by atoms with van der Waals surface area (Å²) in [6.07, 6.45) is 6.59. The normalized spacial score (nSPS) is 10.9. The van der Waals surface area contributed by atoms with Gasteiger partial charge in [-0.05, 0) is 25.1 Å². The third kappa shape index (κ3) is 4.46. The molecule has 4 aromatic rings. The molecule has 0 radical (unpaired) electrons. The van der Waals surface area contributed by atoms with Gasteiger partial charge in [0.15, 0.2) is 5.65 Å². The summed E-state index contributed by atoms with van der Waals surface area (Å²) in [7, 11) is 1.66. The van der Waals surface area contributed by atoms with Crippen molar-refractivity contribution in [1.29, 1.82) is 0 Å². The van der Waals surface area contributed by atoms with Gasteiger partial charge in [-0.25, -0.2) is 9.97 Å². The molecule has 3 aromatic heterocycles. The molecule has 0 aliphatic carbocycles. The summed E-state index contributed by atoms with van der Waals surface area (Å²) in [6.45, 7) is 6.65. The number of benzene rings is 1. The molecule has 2 N–H and O–H groups in total. The van der Waals surface area contributed by atoms with Crippen molar-refractivity contribution in [2.45, 2.75) is 13.5 Å². The number of aryl methyl sites for hydroxylation is 1. The second-order valence-electron chi connectivity index (χ2n) is 6.82. The molecule has 0 fully saturated rings. The van der Waals surface area contributed by atoms with Crippen LogP contribution in [0.15, 0.2) is 55.5 Å². The van der Waals surface area contributed by atoms with E-state index in [0.717, 1.165) is 16.8 Å². The lowest BCUT2D eigenvalue weighted by atomic mass is 10.1. The number of nitrogens with zero attached hydrogens (tertiary/aromatic N) is 4. The van der Waals surface area contributed by atoms with E-state index in [1.165, 1.54) is 6.08 Å². The zero-order chi connectivity index (χ0) is 21.8. The summed E-state index contributed by atoms with van der Waals surface area (Å²) in [5.74, 6) is 0.567. The Bertz CT molecular complexity index is 1240. The Labute approximate surface area is 178 Å². The number of fused-ring (bicyclic) bond motifs is 1. The zero-order valence-corrected chi connectivity index (χ0v) is 17.3. The number of H-pyrrole nitrogens is 1. The third-order valence-corrected chi connectivity index (χ3v) is 4.63. The van der Waals surface area contributed by atoms with Crippen molar-refractivity contribution >= 4 is 22.8 Å². The number of aromatic amines is 1. The van der Waals surface area contributed by atoms with Crippen LogP contribution in [0.1, 0.15) is 5.69 Å². The van der Waals surface area contributed by atoms with Crippen molar-refractivity contribution < 1.29 is 14.3 Å². The van der Waals surface area contributed by atoms with E-state index >= 15 is 0 Å².